The maximum atomic E-state index is 6.04. The Morgan fingerprint density at radius 1 is 1.10 bits per heavy atom. The van der Waals surface area contributed by atoms with Crippen LogP contribution in [0.1, 0.15) is 37.3 Å². The van der Waals surface area contributed by atoms with Crippen molar-refractivity contribution in [2.24, 2.45) is 17.6 Å². The minimum Gasteiger partial charge on any atom is -0.330 e. The van der Waals surface area contributed by atoms with E-state index in [1.807, 2.05) is 0 Å². The van der Waals surface area contributed by atoms with Crippen LogP contribution in [0.5, 0.6) is 0 Å². The molecule has 3 atom stereocenters. The number of nitrogens with two attached hydrogens (primary N) is 1. The SMILES string of the molecule is CC1CCC(CN)C(N2CCc3ccccc3CC2)C1. The third kappa shape index (κ3) is 2.91. The van der Waals surface area contributed by atoms with Gasteiger partial charge in [-0.25, -0.2) is 0 Å². The number of hydrogen-bond acceptors (Lipinski definition) is 2. The molecule has 0 aromatic heterocycles. The molecule has 0 spiro atoms. The molecule has 0 radical (unpaired) electrons. The van der Waals surface area contributed by atoms with Gasteiger partial charge in [-0.2, -0.15) is 0 Å². The molecule has 110 valence electrons. The van der Waals surface area contributed by atoms with Crippen LogP contribution in [0.25, 0.3) is 0 Å². The lowest BCUT2D eigenvalue weighted by molar-refractivity contribution is 0.0896. The Bertz CT molecular complexity index is 416. The van der Waals surface area contributed by atoms with Crippen LogP contribution in [-0.4, -0.2) is 30.6 Å². The Morgan fingerprint density at radius 2 is 1.75 bits per heavy atom. The van der Waals surface area contributed by atoms with Gasteiger partial charge in [0.2, 0.25) is 0 Å². The highest BCUT2D eigenvalue weighted by atomic mass is 15.2. The van der Waals surface area contributed by atoms with Crippen LogP contribution in [0.3, 0.4) is 0 Å². The van der Waals surface area contributed by atoms with Gasteiger partial charge < -0.3 is 5.73 Å². The summed E-state index contributed by atoms with van der Waals surface area (Å²) in [6.45, 7) is 5.70. The summed E-state index contributed by atoms with van der Waals surface area (Å²) in [6.07, 6.45) is 6.45. The van der Waals surface area contributed by atoms with Crippen LogP contribution in [0.4, 0.5) is 0 Å². The number of rotatable bonds is 2. The van der Waals surface area contributed by atoms with Crippen LogP contribution in [0, 0.1) is 11.8 Å². The lowest BCUT2D eigenvalue weighted by atomic mass is 9.78. The Hall–Kier alpha value is -0.860. The van der Waals surface area contributed by atoms with Crippen molar-refractivity contribution < 1.29 is 0 Å². The lowest BCUT2D eigenvalue weighted by Gasteiger charge is -2.41. The van der Waals surface area contributed by atoms with Crippen molar-refractivity contribution in [1.82, 2.24) is 4.90 Å². The summed E-state index contributed by atoms with van der Waals surface area (Å²) in [5.74, 6) is 1.58. The lowest BCUT2D eigenvalue weighted by Crippen LogP contribution is -2.47. The summed E-state index contributed by atoms with van der Waals surface area (Å²) >= 11 is 0. The first-order chi connectivity index (χ1) is 9.78. The van der Waals surface area contributed by atoms with Crippen molar-refractivity contribution in [3.63, 3.8) is 0 Å². The smallest absolute Gasteiger partial charge is 0.0138 e. The highest BCUT2D eigenvalue weighted by molar-refractivity contribution is 5.28. The van der Waals surface area contributed by atoms with Gasteiger partial charge in [-0.3, -0.25) is 4.90 Å². The van der Waals surface area contributed by atoms with E-state index >= 15 is 0 Å². The van der Waals surface area contributed by atoms with E-state index in [0.29, 0.717) is 5.92 Å². The summed E-state index contributed by atoms with van der Waals surface area (Å²) in [7, 11) is 0. The molecular formula is C18H28N2. The van der Waals surface area contributed by atoms with Gasteiger partial charge in [-0.05, 0) is 55.2 Å². The predicted octanol–water partition coefficient (Wildman–Crippen LogP) is 2.85. The van der Waals surface area contributed by atoms with E-state index in [1.54, 1.807) is 11.1 Å². The zero-order chi connectivity index (χ0) is 13.9. The fraction of sp³-hybridized carbons (Fsp3) is 0.667. The maximum Gasteiger partial charge on any atom is 0.0138 e. The first-order valence-electron chi connectivity index (χ1n) is 8.29. The Morgan fingerprint density at radius 3 is 2.35 bits per heavy atom. The summed E-state index contributed by atoms with van der Waals surface area (Å²) in [5, 5.41) is 0. The zero-order valence-electron chi connectivity index (χ0n) is 12.7. The molecule has 0 amide bonds. The molecule has 1 fully saturated rings. The molecule has 0 bridgehead atoms. The van der Waals surface area contributed by atoms with Crippen molar-refractivity contribution in [3.8, 4) is 0 Å². The van der Waals surface area contributed by atoms with Crippen LogP contribution in [0.2, 0.25) is 0 Å². The van der Waals surface area contributed by atoms with Gasteiger partial charge in [0.1, 0.15) is 0 Å². The second-order valence-electron chi connectivity index (χ2n) is 6.79. The predicted molar refractivity (Wildman–Crippen MR) is 84.8 cm³/mol. The molecule has 2 N–H and O–H groups in total. The van der Waals surface area contributed by atoms with E-state index in [-0.39, 0.29) is 0 Å². The minimum atomic E-state index is 0.715. The average molecular weight is 272 g/mol. The van der Waals surface area contributed by atoms with Gasteiger partial charge in [0, 0.05) is 19.1 Å². The summed E-state index contributed by atoms with van der Waals surface area (Å²) in [6, 6.07) is 9.70. The van der Waals surface area contributed by atoms with Gasteiger partial charge >= 0.3 is 0 Å². The third-order valence-electron chi connectivity index (χ3n) is 5.45. The van der Waals surface area contributed by atoms with Crippen LogP contribution >= 0.6 is 0 Å². The number of nitrogens with zero attached hydrogens (tertiary/aromatic N) is 1. The molecule has 1 aromatic carbocycles. The van der Waals surface area contributed by atoms with Crippen molar-refractivity contribution in [2.45, 2.75) is 45.1 Å². The van der Waals surface area contributed by atoms with Crippen molar-refractivity contribution in [3.05, 3.63) is 35.4 Å². The molecule has 3 rings (SSSR count). The summed E-state index contributed by atoms with van der Waals surface area (Å²) in [4.78, 5) is 2.74. The van der Waals surface area contributed by atoms with Crippen molar-refractivity contribution in [2.75, 3.05) is 19.6 Å². The molecule has 20 heavy (non-hydrogen) atoms. The fourth-order valence-corrected chi connectivity index (χ4v) is 4.15. The third-order valence-corrected chi connectivity index (χ3v) is 5.45. The van der Waals surface area contributed by atoms with Crippen LogP contribution in [0.15, 0.2) is 24.3 Å². The van der Waals surface area contributed by atoms with Gasteiger partial charge in [-0.15, -0.1) is 0 Å². The molecule has 1 aliphatic heterocycles. The summed E-state index contributed by atoms with van der Waals surface area (Å²) < 4.78 is 0. The first kappa shape index (κ1) is 14.1. The molecule has 2 heteroatoms. The van der Waals surface area contributed by atoms with Crippen molar-refractivity contribution >= 4 is 0 Å². The molecule has 2 nitrogen and oxygen atoms in total. The van der Waals surface area contributed by atoms with Crippen molar-refractivity contribution in [1.29, 1.82) is 0 Å². The van der Waals surface area contributed by atoms with E-state index in [2.05, 4.69) is 36.1 Å². The van der Waals surface area contributed by atoms with Crippen LogP contribution in [-0.2, 0) is 12.8 Å². The molecule has 1 saturated carbocycles. The number of hydrogen-bond donors (Lipinski definition) is 1. The van der Waals surface area contributed by atoms with Gasteiger partial charge in [0.05, 0.1) is 0 Å². The number of benzene rings is 1. The Labute approximate surface area is 123 Å². The fourth-order valence-electron chi connectivity index (χ4n) is 4.15. The van der Waals surface area contributed by atoms with Gasteiger partial charge in [0.25, 0.3) is 0 Å². The van der Waals surface area contributed by atoms with E-state index in [1.165, 1.54) is 45.2 Å². The van der Waals surface area contributed by atoms with E-state index < -0.39 is 0 Å². The molecular weight excluding hydrogens is 244 g/mol. The average Bonchev–Trinajstić information content (AvgIpc) is 2.70. The Balaban J connectivity index is 1.72. The quantitative estimate of drug-likeness (QED) is 0.897. The van der Waals surface area contributed by atoms with E-state index in [0.717, 1.165) is 18.5 Å². The minimum absolute atomic E-state index is 0.715. The molecule has 1 heterocycles. The standard InChI is InChI=1S/C18H28N2/c1-14-6-7-17(13-19)18(12-14)20-10-8-15-4-2-3-5-16(15)9-11-20/h2-5,14,17-18H,6-13,19H2,1H3. The maximum absolute atomic E-state index is 6.04. The van der Waals surface area contributed by atoms with Gasteiger partial charge in [-0.1, -0.05) is 37.6 Å². The molecule has 2 aliphatic rings. The monoisotopic (exact) mass is 272 g/mol. The second kappa shape index (κ2) is 6.28. The highest BCUT2D eigenvalue weighted by Crippen LogP contribution is 2.32. The van der Waals surface area contributed by atoms with E-state index in [4.69, 9.17) is 5.73 Å². The normalized spacial score (nSPS) is 31.6. The molecule has 1 aliphatic carbocycles. The highest BCUT2D eigenvalue weighted by Gasteiger charge is 2.32. The van der Waals surface area contributed by atoms with Gasteiger partial charge in [0.15, 0.2) is 0 Å². The summed E-state index contributed by atoms with van der Waals surface area (Å²) in [5.41, 5.74) is 9.16. The number of fused-ring (bicyclic) bond motifs is 1. The largest absolute Gasteiger partial charge is 0.330 e. The zero-order valence-corrected chi connectivity index (χ0v) is 12.7. The van der Waals surface area contributed by atoms with E-state index in [9.17, 15) is 0 Å². The molecule has 3 unspecified atom stereocenters. The molecule has 0 saturated heterocycles. The molecule has 1 aromatic rings. The Kier molecular flexibility index (Phi) is 4.42. The second-order valence-corrected chi connectivity index (χ2v) is 6.79. The first-order valence-corrected chi connectivity index (χ1v) is 8.29. The van der Waals surface area contributed by atoms with Crippen LogP contribution < -0.4 is 5.73 Å². The topological polar surface area (TPSA) is 29.3 Å².